The number of amides is 1. The zero-order valence-corrected chi connectivity index (χ0v) is 23.7. The molecule has 0 aliphatic rings. The molecular weight excluding hydrogens is 556 g/mol. The summed E-state index contributed by atoms with van der Waals surface area (Å²) in [6, 6.07) is 27.0. The van der Waals surface area contributed by atoms with Crippen molar-refractivity contribution in [3.63, 3.8) is 0 Å². The SMILES string of the molecule is CCOc1ccc(N(CC(=O)Nc2cc(Cl)ccc2Oc2ccccc2)S(=O)(=O)c2ccc(SC)cc2)cc1. The van der Waals surface area contributed by atoms with Crippen LogP contribution in [0.5, 0.6) is 17.2 Å². The van der Waals surface area contributed by atoms with Crippen LogP contribution in [0.4, 0.5) is 11.4 Å². The van der Waals surface area contributed by atoms with Crippen molar-refractivity contribution in [3.8, 4) is 17.2 Å². The lowest BCUT2D eigenvalue weighted by atomic mass is 10.2. The monoisotopic (exact) mass is 582 g/mol. The fraction of sp³-hybridized carbons (Fsp3) is 0.138. The third-order valence-corrected chi connectivity index (χ3v) is 8.32. The van der Waals surface area contributed by atoms with E-state index in [1.165, 1.54) is 23.9 Å². The standard InChI is InChI=1S/C29H27ClN2O5S2/c1-3-36-23-12-10-22(11-13-23)32(39(34,35)26-16-14-25(38-2)15-17-26)20-29(33)31-27-19-21(30)9-18-28(27)37-24-7-5-4-6-8-24/h4-19H,3,20H2,1-2H3,(H,31,33). The molecule has 0 saturated carbocycles. The number of nitrogens with one attached hydrogen (secondary N) is 1. The van der Waals surface area contributed by atoms with Gasteiger partial charge in [-0.3, -0.25) is 9.10 Å². The van der Waals surface area contributed by atoms with Crippen molar-refractivity contribution in [1.29, 1.82) is 0 Å². The average molecular weight is 583 g/mol. The zero-order valence-electron chi connectivity index (χ0n) is 21.3. The first-order chi connectivity index (χ1) is 18.8. The van der Waals surface area contributed by atoms with Crippen LogP contribution < -0.4 is 19.1 Å². The molecule has 0 bridgehead atoms. The first-order valence-electron chi connectivity index (χ1n) is 12.0. The maximum Gasteiger partial charge on any atom is 0.264 e. The van der Waals surface area contributed by atoms with E-state index in [1.807, 2.05) is 31.4 Å². The highest BCUT2D eigenvalue weighted by Crippen LogP contribution is 2.33. The highest BCUT2D eigenvalue weighted by Gasteiger charge is 2.28. The van der Waals surface area contributed by atoms with E-state index in [4.69, 9.17) is 21.1 Å². The smallest absolute Gasteiger partial charge is 0.264 e. The van der Waals surface area contributed by atoms with E-state index in [-0.39, 0.29) is 4.90 Å². The number of thioether (sulfide) groups is 1. The molecule has 4 aromatic carbocycles. The maximum atomic E-state index is 13.8. The molecule has 0 aliphatic heterocycles. The summed E-state index contributed by atoms with van der Waals surface area (Å²) in [5.41, 5.74) is 0.624. The number of carbonyl (C=O) groups excluding carboxylic acids is 1. The minimum atomic E-state index is -4.09. The van der Waals surface area contributed by atoms with E-state index in [0.29, 0.717) is 40.3 Å². The molecule has 4 rings (SSSR count). The van der Waals surface area contributed by atoms with E-state index < -0.39 is 22.5 Å². The topological polar surface area (TPSA) is 84.9 Å². The number of anilines is 2. The van der Waals surface area contributed by atoms with Crippen LogP contribution in [0.25, 0.3) is 0 Å². The Labute approximate surface area is 237 Å². The van der Waals surface area contributed by atoms with Gasteiger partial charge in [0.05, 0.1) is 22.9 Å². The van der Waals surface area contributed by atoms with Crippen LogP contribution in [-0.2, 0) is 14.8 Å². The molecule has 0 unspecified atom stereocenters. The molecule has 39 heavy (non-hydrogen) atoms. The number of rotatable bonds is 11. The third kappa shape index (κ3) is 7.26. The molecule has 7 nitrogen and oxygen atoms in total. The second-order valence-electron chi connectivity index (χ2n) is 8.22. The fourth-order valence-corrected chi connectivity index (χ4v) is 5.69. The molecule has 4 aromatic rings. The molecule has 202 valence electrons. The van der Waals surface area contributed by atoms with Crippen LogP contribution >= 0.6 is 23.4 Å². The largest absolute Gasteiger partial charge is 0.494 e. The molecule has 0 saturated heterocycles. The van der Waals surface area contributed by atoms with Gasteiger partial charge < -0.3 is 14.8 Å². The van der Waals surface area contributed by atoms with Gasteiger partial charge in [0.15, 0.2) is 5.75 Å². The molecule has 0 aromatic heterocycles. The van der Waals surface area contributed by atoms with Gasteiger partial charge in [0.25, 0.3) is 10.0 Å². The Hall–Kier alpha value is -3.66. The van der Waals surface area contributed by atoms with Gasteiger partial charge in [-0.05, 0) is 92.0 Å². The number of nitrogens with zero attached hydrogens (tertiary/aromatic N) is 1. The Morgan fingerprint density at radius 2 is 1.62 bits per heavy atom. The minimum absolute atomic E-state index is 0.0674. The van der Waals surface area contributed by atoms with Gasteiger partial charge in [-0.25, -0.2) is 8.42 Å². The van der Waals surface area contributed by atoms with E-state index in [9.17, 15) is 13.2 Å². The predicted octanol–water partition coefficient (Wildman–Crippen LogP) is 7.09. The number of ether oxygens (including phenoxy) is 2. The zero-order chi connectivity index (χ0) is 27.8. The van der Waals surface area contributed by atoms with E-state index in [1.54, 1.807) is 66.7 Å². The predicted molar refractivity (Wildman–Crippen MR) is 157 cm³/mol. The first-order valence-corrected chi connectivity index (χ1v) is 15.1. The molecule has 0 spiro atoms. The minimum Gasteiger partial charge on any atom is -0.494 e. The summed E-state index contributed by atoms with van der Waals surface area (Å²) in [6.45, 7) is 1.84. The highest BCUT2D eigenvalue weighted by molar-refractivity contribution is 7.98. The van der Waals surface area contributed by atoms with Crippen molar-refractivity contribution in [3.05, 3.63) is 102 Å². The maximum absolute atomic E-state index is 13.8. The van der Waals surface area contributed by atoms with Gasteiger partial charge in [-0.1, -0.05) is 29.8 Å². The van der Waals surface area contributed by atoms with Crippen LogP contribution in [0.2, 0.25) is 5.02 Å². The molecule has 0 heterocycles. The molecule has 1 N–H and O–H groups in total. The number of halogens is 1. The second-order valence-corrected chi connectivity index (χ2v) is 11.4. The summed E-state index contributed by atoms with van der Waals surface area (Å²) in [7, 11) is -4.09. The lowest BCUT2D eigenvalue weighted by Crippen LogP contribution is -2.38. The Bertz CT molecular complexity index is 1510. The number of benzene rings is 4. The summed E-state index contributed by atoms with van der Waals surface area (Å²) < 4.78 is 40.0. The third-order valence-electron chi connectivity index (χ3n) is 5.56. The number of hydrogen-bond donors (Lipinski definition) is 1. The van der Waals surface area contributed by atoms with Crippen LogP contribution in [0.1, 0.15) is 6.92 Å². The number of hydrogen-bond acceptors (Lipinski definition) is 6. The molecule has 10 heteroatoms. The lowest BCUT2D eigenvalue weighted by molar-refractivity contribution is -0.114. The summed E-state index contributed by atoms with van der Waals surface area (Å²) in [5.74, 6) is 0.951. The Morgan fingerprint density at radius 3 is 2.26 bits per heavy atom. The highest BCUT2D eigenvalue weighted by atomic mass is 35.5. The number of sulfonamides is 1. The van der Waals surface area contributed by atoms with E-state index in [0.717, 1.165) is 9.20 Å². The van der Waals surface area contributed by atoms with E-state index in [2.05, 4.69) is 5.32 Å². The van der Waals surface area contributed by atoms with Crippen LogP contribution in [-0.4, -0.2) is 33.7 Å². The quantitative estimate of drug-likeness (QED) is 0.190. The van der Waals surface area contributed by atoms with Crippen LogP contribution in [0, 0.1) is 0 Å². The molecule has 1 amide bonds. The summed E-state index contributed by atoms with van der Waals surface area (Å²) >= 11 is 7.70. The van der Waals surface area contributed by atoms with Gasteiger partial charge in [-0.15, -0.1) is 11.8 Å². The van der Waals surface area contributed by atoms with Gasteiger partial charge in [0, 0.05) is 9.92 Å². The molecule has 0 atom stereocenters. The van der Waals surface area contributed by atoms with Crippen molar-refractivity contribution in [2.75, 3.05) is 29.0 Å². The van der Waals surface area contributed by atoms with Crippen molar-refractivity contribution in [2.45, 2.75) is 16.7 Å². The number of carbonyl (C=O) groups is 1. The van der Waals surface area contributed by atoms with Gasteiger partial charge in [0.1, 0.15) is 18.0 Å². The fourth-order valence-electron chi connectivity index (χ4n) is 3.69. The molecule has 0 aliphatic carbocycles. The summed E-state index contributed by atoms with van der Waals surface area (Å²) in [6.07, 6.45) is 1.91. The first kappa shape index (κ1) is 28.4. The van der Waals surface area contributed by atoms with Gasteiger partial charge in [-0.2, -0.15) is 0 Å². The van der Waals surface area contributed by atoms with Crippen molar-refractivity contribution in [2.24, 2.45) is 0 Å². The number of para-hydroxylation sites is 1. The summed E-state index contributed by atoms with van der Waals surface area (Å²) in [5, 5.41) is 3.15. The summed E-state index contributed by atoms with van der Waals surface area (Å²) in [4.78, 5) is 14.3. The second kappa shape index (κ2) is 12.9. The van der Waals surface area contributed by atoms with Crippen LogP contribution in [0.15, 0.2) is 107 Å². The Kier molecular flexibility index (Phi) is 9.40. The lowest BCUT2D eigenvalue weighted by Gasteiger charge is -2.24. The Balaban J connectivity index is 1.64. The van der Waals surface area contributed by atoms with Gasteiger partial charge >= 0.3 is 0 Å². The van der Waals surface area contributed by atoms with Crippen molar-refractivity contribution in [1.82, 2.24) is 0 Å². The molecule has 0 fully saturated rings. The van der Waals surface area contributed by atoms with E-state index >= 15 is 0 Å². The normalized spacial score (nSPS) is 11.1. The van der Waals surface area contributed by atoms with Crippen molar-refractivity contribution >= 4 is 50.7 Å². The average Bonchev–Trinajstić information content (AvgIpc) is 2.94. The molecular formula is C29H27ClN2O5S2. The molecule has 0 radical (unpaired) electrons. The Morgan fingerprint density at radius 1 is 0.923 bits per heavy atom. The van der Waals surface area contributed by atoms with Gasteiger partial charge in [0.2, 0.25) is 5.91 Å². The van der Waals surface area contributed by atoms with Crippen LogP contribution in [0.3, 0.4) is 0 Å². The van der Waals surface area contributed by atoms with Crippen molar-refractivity contribution < 1.29 is 22.7 Å².